The number of carbonyl (C=O) groups excluding carboxylic acids is 1. The zero-order chi connectivity index (χ0) is 25.2. The molecule has 0 spiro atoms. The number of halogens is 1. The lowest BCUT2D eigenvalue weighted by Crippen LogP contribution is -2.58. The number of hydrogen-bond acceptors (Lipinski definition) is 6. The van der Waals surface area contributed by atoms with Crippen molar-refractivity contribution >= 4 is 17.2 Å². The molecule has 5 rings (SSSR count). The summed E-state index contributed by atoms with van der Waals surface area (Å²) in [6, 6.07) is 5.28. The van der Waals surface area contributed by atoms with Crippen LogP contribution in [0.5, 0.6) is 5.75 Å². The van der Waals surface area contributed by atoms with Crippen LogP contribution in [0.1, 0.15) is 71.6 Å². The maximum Gasteiger partial charge on any atom is 0.157 e. The highest BCUT2D eigenvalue weighted by atomic mass is 19.1. The smallest absolute Gasteiger partial charge is 0.157 e. The van der Waals surface area contributed by atoms with E-state index in [-0.39, 0.29) is 35.5 Å². The number of benzene rings is 1. The summed E-state index contributed by atoms with van der Waals surface area (Å²) in [4.78, 5) is 13.6. The molecule has 0 bridgehead atoms. The predicted octanol–water partition coefficient (Wildman–Crippen LogP) is 4.64. The summed E-state index contributed by atoms with van der Waals surface area (Å²) in [6.07, 6.45) is 7.05. The fraction of sp³-hybridized carbons (Fsp3) is 0.750. The van der Waals surface area contributed by atoms with Gasteiger partial charge in [0, 0.05) is 12.0 Å². The SMILES string of the molecule is COc1ccc(N(N)CC(=O)[C@H]2CC[C@H]3[C@@H]4CCC5C[C@](C)(O)CCC5(F)[C@H]4CC[C@]23C)c(N)c1. The molecule has 194 valence electrons. The molecule has 0 saturated heterocycles. The van der Waals surface area contributed by atoms with E-state index in [4.69, 9.17) is 16.3 Å². The molecular weight excluding hydrogens is 445 g/mol. The molecule has 1 aromatic rings. The molecule has 2 unspecified atom stereocenters. The first-order chi connectivity index (χ1) is 16.5. The van der Waals surface area contributed by atoms with Crippen LogP contribution in [0.2, 0.25) is 0 Å². The molecule has 0 amide bonds. The number of hydrogen-bond donors (Lipinski definition) is 3. The number of Topliss-reactive ketones (excluding diaryl/α,β-unsaturated/α-hetero) is 1. The predicted molar refractivity (Wildman–Crippen MR) is 136 cm³/mol. The van der Waals surface area contributed by atoms with Crippen LogP contribution >= 0.6 is 0 Å². The van der Waals surface area contributed by atoms with Gasteiger partial charge in [0.15, 0.2) is 5.78 Å². The van der Waals surface area contributed by atoms with Crippen LogP contribution < -0.4 is 21.3 Å². The van der Waals surface area contributed by atoms with Crippen LogP contribution in [0.3, 0.4) is 0 Å². The fourth-order valence-electron chi connectivity index (χ4n) is 8.79. The topological polar surface area (TPSA) is 102 Å². The van der Waals surface area contributed by atoms with Crippen molar-refractivity contribution < 1.29 is 19.0 Å². The second-order valence-electron chi connectivity index (χ2n) is 12.5. The number of anilines is 2. The van der Waals surface area contributed by atoms with Gasteiger partial charge in [0.2, 0.25) is 0 Å². The Labute approximate surface area is 208 Å². The number of nitrogens with zero attached hydrogens (tertiary/aromatic N) is 1. The van der Waals surface area contributed by atoms with Crippen LogP contribution in [0.4, 0.5) is 15.8 Å². The molecule has 4 aliphatic rings. The first kappa shape index (κ1) is 24.8. The molecule has 0 heterocycles. The molecule has 4 aliphatic carbocycles. The summed E-state index contributed by atoms with van der Waals surface area (Å²) >= 11 is 0. The molecule has 7 heteroatoms. The highest BCUT2D eigenvalue weighted by Crippen LogP contribution is 2.66. The van der Waals surface area contributed by atoms with E-state index in [2.05, 4.69) is 6.92 Å². The lowest BCUT2D eigenvalue weighted by atomic mass is 9.48. The Balaban J connectivity index is 1.30. The molecule has 0 aliphatic heterocycles. The number of fused-ring (bicyclic) bond motifs is 5. The molecule has 0 radical (unpaired) electrons. The second kappa shape index (κ2) is 8.62. The van der Waals surface area contributed by atoms with Crippen LogP contribution in [0.15, 0.2) is 18.2 Å². The molecule has 1 aromatic carbocycles. The summed E-state index contributed by atoms with van der Waals surface area (Å²) in [5, 5.41) is 12.0. The van der Waals surface area contributed by atoms with Gasteiger partial charge in [-0.25, -0.2) is 10.2 Å². The summed E-state index contributed by atoms with van der Waals surface area (Å²) in [5.74, 6) is 7.80. The molecule has 4 saturated carbocycles. The van der Waals surface area contributed by atoms with Gasteiger partial charge in [-0.2, -0.15) is 0 Å². The standard InChI is InChI=1S/C28H42FN3O3/c1-26(34)12-13-28(29)17(15-26)4-6-19-20-7-8-22(27(20,2)11-10-21(19)28)25(33)16-32(31)24-9-5-18(35-3)14-23(24)30/h5,9,14,17,19-22,34H,4,6-8,10-13,15-16,30-31H2,1-3H3/t17?,19-,20-,21-,22+,26+,27-,28?/m0/s1. The summed E-state index contributed by atoms with van der Waals surface area (Å²) < 4.78 is 21.8. The van der Waals surface area contributed by atoms with Crippen molar-refractivity contribution in [3.05, 3.63) is 18.2 Å². The van der Waals surface area contributed by atoms with E-state index in [1.165, 1.54) is 5.01 Å². The monoisotopic (exact) mass is 487 g/mol. The van der Waals surface area contributed by atoms with E-state index in [9.17, 15) is 9.90 Å². The fourth-order valence-corrected chi connectivity index (χ4v) is 8.79. The third-order valence-corrected chi connectivity index (χ3v) is 10.6. The summed E-state index contributed by atoms with van der Waals surface area (Å²) in [7, 11) is 1.58. The van der Waals surface area contributed by atoms with Crippen LogP contribution in [-0.2, 0) is 4.79 Å². The summed E-state index contributed by atoms with van der Waals surface area (Å²) in [6.45, 7) is 4.25. The van der Waals surface area contributed by atoms with Gasteiger partial charge < -0.3 is 20.6 Å². The number of alkyl halides is 1. The van der Waals surface area contributed by atoms with E-state index in [1.807, 2.05) is 6.92 Å². The largest absolute Gasteiger partial charge is 0.497 e. The maximum absolute atomic E-state index is 16.6. The quantitative estimate of drug-likeness (QED) is 0.318. The molecule has 35 heavy (non-hydrogen) atoms. The summed E-state index contributed by atoms with van der Waals surface area (Å²) in [5.41, 5.74) is 5.25. The Morgan fingerprint density at radius 1 is 1.14 bits per heavy atom. The van der Waals surface area contributed by atoms with E-state index in [0.29, 0.717) is 48.2 Å². The van der Waals surface area contributed by atoms with Crippen molar-refractivity contribution in [1.29, 1.82) is 0 Å². The number of carbonyl (C=O) groups is 1. The third-order valence-electron chi connectivity index (χ3n) is 10.6. The van der Waals surface area contributed by atoms with Gasteiger partial charge in [0.1, 0.15) is 11.4 Å². The van der Waals surface area contributed by atoms with Gasteiger partial charge in [-0.05, 0) is 106 Å². The van der Waals surface area contributed by atoms with Gasteiger partial charge in [-0.1, -0.05) is 6.92 Å². The zero-order valence-electron chi connectivity index (χ0n) is 21.4. The lowest BCUT2D eigenvalue weighted by Gasteiger charge is -2.59. The highest BCUT2D eigenvalue weighted by Gasteiger charge is 2.63. The van der Waals surface area contributed by atoms with Gasteiger partial charge in [0.05, 0.1) is 30.6 Å². The Morgan fingerprint density at radius 2 is 1.91 bits per heavy atom. The molecule has 0 aromatic heterocycles. The van der Waals surface area contributed by atoms with Crippen molar-refractivity contribution in [1.82, 2.24) is 0 Å². The van der Waals surface area contributed by atoms with E-state index in [1.54, 1.807) is 25.3 Å². The van der Waals surface area contributed by atoms with E-state index in [0.717, 1.165) is 38.5 Å². The Morgan fingerprint density at radius 3 is 2.63 bits per heavy atom. The van der Waals surface area contributed by atoms with Crippen LogP contribution in [0.25, 0.3) is 0 Å². The first-order valence-corrected chi connectivity index (χ1v) is 13.4. The highest BCUT2D eigenvalue weighted by molar-refractivity contribution is 5.87. The molecule has 6 nitrogen and oxygen atoms in total. The normalized spacial score (nSPS) is 42.5. The number of ether oxygens (including phenoxy) is 1. The first-order valence-electron chi connectivity index (χ1n) is 13.4. The van der Waals surface area contributed by atoms with Crippen molar-refractivity contribution in [3.8, 4) is 5.75 Å². The van der Waals surface area contributed by atoms with Gasteiger partial charge in [-0.15, -0.1) is 0 Å². The molecule has 5 N–H and O–H groups in total. The minimum absolute atomic E-state index is 0.0311. The van der Waals surface area contributed by atoms with Crippen molar-refractivity contribution in [2.45, 2.75) is 82.9 Å². The number of rotatable bonds is 5. The van der Waals surface area contributed by atoms with Crippen LogP contribution in [-0.4, -0.2) is 35.8 Å². The van der Waals surface area contributed by atoms with Crippen molar-refractivity contribution in [2.75, 3.05) is 24.4 Å². The van der Waals surface area contributed by atoms with Gasteiger partial charge >= 0.3 is 0 Å². The maximum atomic E-state index is 16.6. The average Bonchev–Trinajstić information content (AvgIpc) is 3.16. The van der Waals surface area contributed by atoms with Gasteiger partial charge in [0.25, 0.3) is 0 Å². The number of methoxy groups -OCH3 is 1. The van der Waals surface area contributed by atoms with Crippen molar-refractivity contribution in [3.63, 3.8) is 0 Å². The Kier molecular flexibility index (Phi) is 6.11. The van der Waals surface area contributed by atoms with Gasteiger partial charge in [-0.3, -0.25) is 4.79 Å². The lowest BCUT2D eigenvalue weighted by molar-refractivity contribution is -0.165. The Bertz CT molecular complexity index is 986. The third kappa shape index (κ3) is 4.03. The Hall–Kier alpha value is -1.86. The van der Waals surface area contributed by atoms with Crippen LogP contribution in [0, 0.1) is 35.0 Å². The number of hydrazine groups is 1. The average molecular weight is 488 g/mol. The minimum atomic E-state index is -1.16. The molecular formula is C28H42FN3O3. The number of ketones is 1. The van der Waals surface area contributed by atoms with E-state index < -0.39 is 11.3 Å². The van der Waals surface area contributed by atoms with E-state index >= 15 is 4.39 Å². The number of nitrogen functional groups attached to an aromatic ring is 1. The number of aliphatic hydroxyl groups is 1. The molecule has 8 atom stereocenters. The second-order valence-corrected chi connectivity index (χ2v) is 12.5. The molecule has 4 fully saturated rings. The number of nitrogens with two attached hydrogens (primary N) is 2. The van der Waals surface area contributed by atoms with Crippen molar-refractivity contribution in [2.24, 2.45) is 40.8 Å². The minimum Gasteiger partial charge on any atom is -0.497 e. The zero-order valence-corrected chi connectivity index (χ0v) is 21.4.